The minimum Gasteiger partial charge on any atom is -0.372 e. The highest BCUT2D eigenvalue weighted by atomic mass is 16.6. The molecule has 3 N–H and O–H groups in total. The van der Waals surface area contributed by atoms with Crippen molar-refractivity contribution in [1.82, 2.24) is 16.0 Å². The molecule has 3 saturated heterocycles. The number of hydrogen-bond acceptors (Lipinski definition) is 7. The van der Waals surface area contributed by atoms with Gasteiger partial charge < -0.3 is 34.9 Å². The van der Waals surface area contributed by atoms with Crippen LogP contribution in [0, 0.1) is 10.8 Å². The molecule has 5 aliphatic rings. The van der Waals surface area contributed by atoms with Gasteiger partial charge in [0.1, 0.15) is 12.2 Å². The highest BCUT2D eigenvalue weighted by Gasteiger charge is 2.54. The number of nitrogens with one attached hydrogen (secondary N) is 3. The predicted octanol–water partition coefficient (Wildman–Crippen LogP) is 8.46. The molecule has 2 saturated carbocycles. The number of ether oxygens (including phenoxy) is 4. The van der Waals surface area contributed by atoms with Crippen LogP contribution in [-0.2, 0) is 18.9 Å². The molecule has 0 amide bonds. The van der Waals surface area contributed by atoms with E-state index in [0.29, 0.717) is 0 Å². The summed E-state index contributed by atoms with van der Waals surface area (Å²) in [4.78, 5) is 0. The van der Waals surface area contributed by atoms with Gasteiger partial charge >= 0.3 is 0 Å². The van der Waals surface area contributed by atoms with E-state index in [1.807, 2.05) is 0 Å². The van der Waals surface area contributed by atoms with Crippen molar-refractivity contribution in [3.63, 3.8) is 0 Å². The lowest BCUT2D eigenvalue weighted by molar-refractivity contribution is -0.202. The molecule has 286 valence electrons. The lowest BCUT2D eigenvalue weighted by atomic mass is 9.64. The van der Waals surface area contributed by atoms with E-state index in [2.05, 4.69) is 127 Å². The molecule has 0 aromatic rings. The van der Waals surface area contributed by atoms with Gasteiger partial charge in [0.05, 0.1) is 36.6 Å². The van der Waals surface area contributed by atoms with Crippen molar-refractivity contribution in [2.24, 2.45) is 10.8 Å². The molecule has 0 spiro atoms. The first-order chi connectivity index (χ1) is 22.0. The maximum atomic E-state index is 7.47. The van der Waals surface area contributed by atoms with E-state index in [-0.39, 0.29) is 92.9 Å². The predicted molar refractivity (Wildman–Crippen MR) is 202 cm³/mol. The van der Waals surface area contributed by atoms with Gasteiger partial charge in [0.15, 0.2) is 0 Å². The van der Waals surface area contributed by atoms with E-state index in [4.69, 9.17) is 18.9 Å². The fourth-order valence-electron chi connectivity index (χ4n) is 12.3. The Labute approximate surface area is 302 Å². The summed E-state index contributed by atoms with van der Waals surface area (Å²) >= 11 is 0. The molecule has 0 aromatic carbocycles. The van der Waals surface area contributed by atoms with E-state index in [9.17, 15) is 0 Å². The highest BCUT2D eigenvalue weighted by molar-refractivity contribution is 5.05. The van der Waals surface area contributed by atoms with Crippen molar-refractivity contribution < 1.29 is 18.9 Å². The summed E-state index contributed by atoms with van der Waals surface area (Å²) in [6, 6.07) is 0. The fraction of sp³-hybridized carbons (Fsp3) is 1.00. The molecular formula is C42H79N3O4. The minimum absolute atomic E-state index is 0.00178. The topological polar surface area (TPSA) is 73.0 Å². The van der Waals surface area contributed by atoms with Gasteiger partial charge in [-0.15, -0.1) is 0 Å². The molecule has 3 heterocycles. The molecule has 0 radical (unpaired) electrons. The molecule has 7 heteroatoms. The van der Waals surface area contributed by atoms with Crippen LogP contribution in [0.5, 0.6) is 0 Å². The van der Waals surface area contributed by atoms with Gasteiger partial charge in [-0.2, -0.15) is 0 Å². The van der Waals surface area contributed by atoms with Gasteiger partial charge in [0.2, 0.25) is 0 Å². The molecule has 2 aliphatic carbocycles. The molecule has 0 aromatic heterocycles. The average molecular weight is 690 g/mol. The van der Waals surface area contributed by atoms with Gasteiger partial charge in [-0.25, -0.2) is 0 Å². The summed E-state index contributed by atoms with van der Waals surface area (Å²) < 4.78 is 29.6. The van der Waals surface area contributed by atoms with Gasteiger partial charge in [0.25, 0.3) is 0 Å². The minimum atomic E-state index is -0.184. The summed E-state index contributed by atoms with van der Waals surface area (Å²) in [5, 5.41) is 11.6. The average Bonchev–Trinajstić information content (AvgIpc) is 3.05. The van der Waals surface area contributed by atoms with Gasteiger partial charge in [-0.05, 0) is 152 Å². The maximum Gasteiger partial charge on any atom is 0.113 e. The Morgan fingerprint density at radius 3 is 0.878 bits per heavy atom. The number of piperidine rings is 3. The zero-order chi connectivity index (χ0) is 36.6. The van der Waals surface area contributed by atoms with Crippen molar-refractivity contribution in [3.8, 4) is 0 Å². The van der Waals surface area contributed by atoms with Crippen LogP contribution < -0.4 is 16.0 Å². The third-order valence-electron chi connectivity index (χ3n) is 11.9. The first kappa shape index (κ1) is 39.9. The number of hydrogen-bond donors (Lipinski definition) is 3. The largest absolute Gasteiger partial charge is 0.372 e. The van der Waals surface area contributed by atoms with E-state index in [0.717, 1.165) is 57.8 Å². The van der Waals surface area contributed by atoms with Crippen LogP contribution in [0.4, 0.5) is 0 Å². The Hall–Kier alpha value is -0.280. The van der Waals surface area contributed by atoms with Crippen molar-refractivity contribution in [2.75, 3.05) is 0 Å². The lowest BCUT2D eigenvalue weighted by Crippen LogP contribution is -2.61. The van der Waals surface area contributed by atoms with Gasteiger partial charge in [0, 0.05) is 39.7 Å². The molecule has 7 nitrogen and oxygen atoms in total. The Morgan fingerprint density at radius 2 is 0.592 bits per heavy atom. The third kappa shape index (κ3) is 10.9. The van der Waals surface area contributed by atoms with Crippen LogP contribution in [0.1, 0.15) is 175 Å². The van der Waals surface area contributed by atoms with E-state index in [1.54, 1.807) is 0 Å². The molecule has 49 heavy (non-hydrogen) atoms. The smallest absolute Gasteiger partial charge is 0.113 e. The second-order valence-corrected chi connectivity index (χ2v) is 23.1. The van der Waals surface area contributed by atoms with Crippen LogP contribution in [0.15, 0.2) is 0 Å². The summed E-state index contributed by atoms with van der Waals surface area (Å²) in [6.07, 6.45) is 10.0. The normalized spacial score (nSPS) is 37.2. The maximum absolute atomic E-state index is 7.47. The van der Waals surface area contributed by atoms with Crippen LogP contribution in [-0.4, -0.2) is 82.1 Å². The Bertz CT molecular complexity index is 1000. The van der Waals surface area contributed by atoms with Crippen molar-refractivity contribution in [1.29, 1.82) is 0 Å². The van der Waals surface area contributed by atoms with Gasteiger partial charge in [-0.1, -0.05) is 27.7 Å². The van der Waals surface area contributed by atoms with Crippen LogP contribution in [0.3, 0.4) is 0 Å². The standard InChI is InChI=1S/C42H79N3O4/c1-35(2)18-27(19-36(3,4)26-35)48-33-31(46-28-20-37(5,6)43-38(7,8)21-28)17-32(47-29-22-39(9,10)44-40(11,12)23-29)34(33)49-30-24-41(13,14)45-42(15,16)25-30/h27-34,43-45H,17-26H2,1-16H3. The summed E-state index contributed by atoms with van der Waals surface area (Å²) in [7, 11) is 0. The molecule has 4 unspecified atom stereocenters. The van der Waals surface area contributed by atoms with Gasteiger partial charge in [-0.3, -0.25) is 0 Å². The molecule has 5 rings (SSSR count). The second-order valence-electron chi connectivity index (χ2n) is 23.1. The van der Waals surface area contributed by atoms with Crippen LogP contribution >= 0.6 is 0 Å². The van der Waals surface area contributed by atoms with Crippen molar-refractivity contribution in [2.45, 2.75) is 257 Å². The quantitative estimate of drug-likeness (QED) is 0.236. The molecule has 5 fully saturated rings. The summed E-state index contributed by atoms with van der Waals surface area (Å²) in [6.45, 7) is 37.5. The Kier molecular flexibility index (Phi) is 10.8. The van der Waals surface area contributed by atoms with Crippen LogP contribution in [0.2, 0.25) is 0 Å². The molecule has 3 aliphatic heterocycles. The molecular weight excluding hydrogens is 610 g/mol. The monoisotopic (exact) mass is 690 g/mol. The Morgan fingerprint density at radius 1 is 0.347 bits per heavy atom. The van der Waals surface area contributed by atoms with E-state index < -0.39 is 0 Å². The van der Waals surface area contributed by atoms with E-state index >= 15 is 0 Å². The summed E-state index contributed by atoms with van der Waals surface area (Å²) in [5.41, 5.74) is 0.439. The first-order valence-electron chi connectivity index (χ1n) is 20.0. The van der Waals surface area contributed by atoms with Crippen molar-refractivity contribution >= 4 is 0 Å². The zero-order valence-electron chi connectivity index (χ0n) is 34.8. The van der Waals surface area contributed by atoms with Crippen molar-refractivity contribution in [3.05, 3.63) is 0 Å². The SMILES string of the molecule is CC1(C)CC(OC2C(OC3CC(C)(C)NC(C)(C)C3)CC(OC3CC(C)(C)NC(C)(C)C3)C2OC2CC(C)(C)NC(C)(C)C2)CC(C)(C)C1. The van der Waals surface area contributed by atoms with Crippen LogP contribution in [0.25, 0.3) is 0 Å². The highest BCUT2D eigenvalue weighted by Crippen LogP contribution is 2.49. The molecule has 4 atom stereocenters. The lowest BCUT2D eigenvalue weighted by Gasteiger charge is -2.49. The fourth-order valence-corrected chi connectivity index (χ4v) is 12.3. The van der Waals surface area contributed by atoms with E-state index in [1.165, 1.54) is 6.42 Å². The first-order valence-corrected chi connectivity index (χ1v) is 20.0. The molecule has 0 bridgehead atoms. The zero-order valence-corrected chi connectivity index (χ0v) is 34.8. The Balaban J connectivity index is 1.49. The summed E-state index contributed by atoms with van der Waals surface area (Å²) in [5.74, 6) is 0. The second kappa shape index (κ2) is 13.2. The number of rotatable bonds is 8. The third-order valence-corrected chi connectivity index (χ3v) is 11.9.